The minimum Gasteiger partial charge on any atom is -0.445 e. The zero-order valence-corrected chi connectivity index (χ0v) is 17.1. The molecule has 0 aromatic rings. The zero-order chi connectivity index (χ0) is 20.2. The topological polar surface area (TPSA) is 87.7 Å². The van der Waals surface area contributed by atoms with E-state index in [1.54, 1.807) is 6.08 Å². The summed E-state index contributed by atoms with van der Waals surface area (Å²) in [6, 6.07) is 0.160. The molecule has 0 aromatic carbocycles. The maximum Gasteiger partial charge on any atom is 0.410 e. The van der Waals surface area contributed by atoms with Gasteiger partial charge in [0.15, 0.2) is 11.6 Å². The molecule has 2 N–H and O–H groups in total. The largest absolute Gasteiger partial charge is 0.445 e. The number of amides is 1. The van der Waals surface area contributed by atoms with Crippen LogP contribution < -0.4 is 10.6 Å². The van der Waals surface area contributed by atoms with Gasteiger partial charge in [0.1, 0.15) is 12.1 Å². The van der Waals surface area contributed by atoms with Gasteiger partial charge >= 0.3 is 6.09 Å². The molecule has 7 heteroatoms. The predicted octanol–water partition coefficient (Wildman–Crippen LogP) is 1.67. The van der Waals surface area contributed by atoms with E-state index in [9.17, 15) is 14.4 Å². The molecule has 1 atom stereocenters. The van der Waals surface area contributed by atoms with E-state index in [4.69, 9.17) is 4.74 Å². The maximum absolute atomic E-state index is 13.0. The van der Waals surface area contributed by atoms with Crippen molar-refractivity contribution < 1.29 is 19.1 Å². The number of ether oxygens (including phenoxy) is 1. The molecule has 27 heavy (non-hydrogen) atoms. The number of carbonyl (C=O) groups is 3. The lowest BCUT2D eigenvalue weighted by atomic mass is 9.80. The summed E-state index contributed by atoms with van der Waals surface area (Å²) in [7, 11) is 0. The first-order chi connectivity index (χ1) is 12.6. The van der Waals surface area contributed by atoms with Crippen LogP contribution in [0.15, 0.2) is 12.2 Å². The third kappa shape index (κ3) is 4.96. The molecule has 3 rings (SSSR count). The monoisotopic (exact) mass is 379 g/mol. The molecule has 3 aliphatic rings. The Morgan fingerprint density at radius 1 is 1.22 bits per heavy atom. The highest BCUT2D eigenvalue weighted by molar-refractivity contribution is 5.95. The van der Waals surface area contributed by atoms with E-state index in [0.29, 0.717) is 12.8 Å². The molecule has 0 unspecified atom stereocenters. The minimum absolute atomic E-state index is 0.0184. The summed E-state index contributed by atoms with van der Waals surface area (Å²) in [4.78, 5) is 39.4. The number of hydrogen-bond acceptors (Lipinski definition) is 6. The van der Waals surface area contributed by atoms with E-state index in [1.807, 2.05) is 40.7 Å². The van der Waals surface area contributed by atoms with E-state index in [1.165, 1.54) is 4.90 Å². The molecule has 3 aliphatic heterocycles. The van der Waals surface area contributed by atoms with E-state index < -0.39 is 17.2 Å². The van der Waals surface area contributed by atoms with E-state index in [-0.39, 0.29) is 49.8 Å². The summed E-state index contributed by atoms with van der Waals surface area (Å²) in [6.07, 6.45) is 4.63. The number of carbonyl (C=O) groups excluding carboxylic acids is 3. The number of hydrogen-bond donors (Lipinski definition) is 2. The Labute approximate surface area is 161 Å². The fourth-order valence-corrected chi connectivity index (χ4v) is 3.78. The zero-order valence-electron chi connectivity index (χ0n) is 17.1. The van der Waals surface area contributed by atoms with Gasteiger partial charge in [-0.25, -0.2) is 4.79 Å². The normalized spacial score (nSPS) is 30.1. The molecule has 7 nitrogen and oxygen atoms in total. The molecular formula is C20H33N3O4. The van der Waals surface area contributed by atoms with E-state index in [2.05, 4.69) is 10.6 Å². The third-order valence-electron chi connectivity index (χ3n) is 5.27. The second-order valence-electron chi connectivity index (χ2n) is 8.45. The highest BCUT2D eigenvalue weighted by Gasteiger charge is 2.52. The van der Waals surface area contributed by atoms with Crippen molar-refractivity contribution in [3.8, 4) is 0 Å². The molecule has 2 bridgehead atoms. The molecule has 0 spiro atoms. The van der Waals surface area contributed by atoms with Crippen LogP contribution >= 0.6 is 0 Å². The van der Waals surface area contributed by atoms with Gasteiger partial charge < -0.3 is 15.0 Å². The smallest absolute Gasteiger partial charge is 0.410 e. The van der Waals surface area contributed by atoms with Gasteiger partial charge in [-0.1, -0.05) is 26.0 Å². The Kier molecular flexibility index (Phi) is 6.81. The first kappa shape index (κ1) is 21.6. The number of ketones is 2. The van der Waals surface area contributed by atoms with Crippen molar-refractivity contribution >= 4 is 17.7 Å². The average molecular weight is 380 g/mol. The van der Waals surface area contributed by atoms with Gasteiger partial charge in [-0.3, -0.25) is 14.9 Å². The molecule has 0 saturated carbocycles. The first-order valence-electron chi connectivity index (χ1n) is 9.77. The Morgan fingerprint density at radius 2 is 1.89 bits per heavy atom. The van der Waals surface area contributed by atoms with Crippen LogP contribution in [-0.2, 0) is 14.3 Å². The summed E-state index contributed by atoms with van der Waals surface area (Å²) in [6.45, 7) is 10.4. The predicted molar refractivity (Wildman–Crippen MR) is 104 cm³/mol. The van der Waals surface area contributed by atoms with Crippen LogP contribution in [0.5, 0.6) is 0 Å². The highest BCUT2D eigenvalue weighted by Crippen LogP contribution is 2.27. The van der Waals surface area contributed by atoms with Crippen molar-refractivity contribution in [2.75, 3.05) is 26.2 Å². The van der Waals surface area contributed by atoms with Crippen LogP contribution in [0.3, 0.4) is 0 Å². The molecule has 1 fully saturated rings. The Bertz CT molecular complexity index is 608. The van der Waals surface area contributed by atoms with Crippen molar-refractivity contribution in [1.82, 2.24) is 15.5 Å². The third-order valence-corrected chi connectivity index (χ3v) is 5.27. The van der Waals surface area contributed by atoms with Crippen molar-refractivity contribution in [2.45, 2.75) is 64.6 Å². The lowest BCUT2D eigenvalue weighted by molar-refractivity contribution is -0.136. The van der Waals surface area contributed by atoms with Crippen molar-refractivity contribution in [3.63, 3.8) is 0 Å². The van der Waals surface area contributed by atoms with Crippen LogP contribution in [0.4, 0.5) is 4.79 Å². The number of nitrogens with zero attached hydrogens (tertiary/aromatic N) is 1. The molecule has 0 aromatic heterocycles. The molecule has 152 valence electrons. The highest BCUT2D eigenvalue weighted by atomic mass is 16.6. The SMILES string of the molecule is CC(C)N[C@]1(C)CCC=CCOC(=O)N2CC(C(=O)C(C)C)(C2)NCC1=O. The average Bonchev–Trinajstić information content (AvgIpc) is 2.54. The van der Waals surface area contributed by atoms with Crippen LogP contribution in [0, 0.1) is 5.92 Å². The molecule has 0 aliphatic carbocycles. The molecule has 0 radical (unpaired) electrons. The number of fused-ring (bicyclic) bond motifs is 9. The maximum atomic E-state index is 13.0. The fraction of sp³-hybridized carbons (Fsp3) is 0.750. The van der Waals surface area contributed by atoms with Crippen LogP contribution in [-0.4, -0.2) is 65.9 Å². The van der Waals surface area contributed by atoms with E-state index in [0.717, 1.165) is 0 Å². The van der Waals surface area contributed by atoms with Crippen molar-refractivity contribution in [2.24, 2.45) is 5.92 Å². The van der Waals surface area contributed by atoms with E-state index >= 15 is 0 Å². The van der Waals surface area contributed by atoms with Gasteiger partial charge in [-0.15, -0.1) is 0 Å². The van der Waals surface area contributed by atoms with Crippen LogP contribution in [0.2, 0.25) is 0 Å². The summed E-state index contributed by atoms with van der Waals surface area (Å²) in [5, 5.41) is 6.57. The lowest BCUT2D eigenvalue weighted by Gasteiger charge is -2.49. The molecular weight excluding hydrogens is 346 g/mol. The Hall–Kier alpha value is -1.73. The van der Waals surface area contributed by atoms with Crippen LogP contribution in [0.25, 0.3) is 0 Å². The first-order valence-corrected chi connectivity index (χ1v) is 9.77. The Morgan fingerprint density at radius 3 is 2.48 bits per heavy atom. The second-order valence-corrected chi connectivity index (χ2v) is 8.45. The van der Waals surface area contributed by atoms with Gasteiger partial charge in [-0.2, -0.15) is 0 Å². The summed E-state index contributed by atoms with van der Waals surface area (Å²) < 4.78 is 5.24. The Balaban J connectivity index is 2.24. The molecule has 1 saturated heterocycles. The number of nitrogens with one attached hydrogen (secondary N) is 2. The van der Waals surface area contributed by atoms with Crippen LogP contribution in [0.1, 0.15) is 47.5 Å². The number of Topliss-reactive ketones (excluding diaryl/α,β-unsaturated/α-hetero) is 2. The summed E-state index contributed by atoms with van der Waals surface area (Å²) in [5.74, 6) is -0.142. The number of rotatable bonds is 4. The van der Waals surface area contributed by atoms with Gasteiger partial charge in [-0.05, 0) is 33.6 Å². The molecule has 3 heterocycles. The lowest BCUT2D eigenvalue weighted by Crippen LogP contribution is -2.75. The summed E-state index contributed by atoms with van der Waals surface area (Å²) >= 11 is 0. The standard InChI is InChI=1S/C20H33N3O4/c1-14(2)17(25)20-12-23(13-20)18(26)27-10-8-6-7-9-19(5,22-15(3)4)16(24)11-21-20/h6,8,14-15,21-22H,7,9-13H2,1-5H3/t19-/m1/s1. The number of allylic oxidation sites excluding steroid dienone is 1. The van der Waals surface area contributed by atoms with Crippen molar-refractivity contribution in [3.05, 3.63) is 12.2 Å². The van der Waals surface area contributed by atoms with Gasteiger partial charge in [0, 0.05) is 12.0 Å². The quantitative estimate of drug-likeness (QED) is 0.723. The minimum atomic E-state index is -0.873. The van der Waals surface area contributed by atoms with Gasteiger partial charge in [0.25, 0.3) is 0 Å². The van der Waals surface area contributed by atoms with Gasteiger partial charge in [0.05, 0.1) is 25.2 Å². The van der Waals surface area contributed by atoms with Crippen molar-refractivity contribution in [1.29, 1.82) is 0 Å². The summed E-state index contributed by atoms with van der Waals surface area (Å²) in [5.41, 5.74) is -1.56. The second kappa shape index (κ2) is 8.52. The molecule has 1 amide bonds. The van der Waals surface area contributed by atoms with Gasteiger partial charge in [0.2, 0.25) is 0 Å². The fourth-order valence-electron chi connectivity index (χ4n) is 3.78.